The molecule has 1 aromatic heterocycles. The van der Waals surface area contributed by atoms with Crippen LogP contribution in [0.5, 0.6) is 5.75 Å². The molecule has 0 fully saturated rings. The summed E-state index contributed by atoms with van der Waals surface area (Å²) in [7, 11) is 0. The summed E-state index contributed by atoms with van der Waals surface area (Å²) in [5.41, 5.74) is 3.17. The zero-order valence-electron chi connectivity index (χ0n) is 18.0. The molecule has 0 bridgehead atoms. The minimum absolute atomic E-state index is 0.182. The summed E-state index contributed by atoms with van der Waals surface area (Å²) in [6.45, 7) is 6.30. The van der Waals surface area contributed by atoms with Gasteiger partial charge in [-0.15, -0.1) is 0 Å². The predicted molar refractivity (Wildman–Crippen MR) is 121 cm³/mol. The molecule has 0 spiro atoms. The Kier molecular flexibility index (Phi) is 7.38. The molecule has 0 saturated carbocycles. The standard InChI is InChI=1S/C25H27N3O3/c1-17(2)22-8-4-5-9-23(22)31-18(3)24(29)28-21-12-10-19(11-13-21)15-27-25(30)20-7-6-14-26-16-20/h4-14,16-18H,15H2,1-3H3,(H,27,30)(H,28,29). The number of carbonyl (C=O) groups excluding carboxylic acids is 2. The van der Waals surface area contributed by atoms with Crippen molar-refractivity contribution in [2.24, 2.45) is 0 Å². The van der Waals surface area contributed by atoms with Crippen molar-refractivity contribution in [3.8, 4) is 5.75 Å². The van der Waals surface area contributed by atoms with Crippen LogP contribution in [0.15, 0.2) is 73.1 Å². The van der Waals surface area contributed by atoms with Gasteiger partial charge in [-0.3, -0.25) is 14.6 Å². The normalized spacial score (nSPS) is 11.6. The Labute approximate surface area is 182 Å². The fraction of sp³-hybridized carbons (Fsp3) is 0.240. The number of aromatic nitrogens is 1. The molecule has 2 N–H and O–H groups in total. The molecule has 31 heavy (non-hydrogen) atoms. The minimum Gasteiger partial charge on any atom is -0.481 e. The van der Waals surface area contributed by atoms with E-state index in [1.165, 1.54) is 6.20 Å². The molecule has 6 heteroatoms. The first-order valence-electron chi connectivity index (χ1n) is 10.3. The second-order valence-corrected chi connectivity index (χ2v) is 7.56. The van der Waals surface area contributed by atoms with E-state index >= 15 is 0 Å². The number of ether oxygens (including phenoxy) is 1. The molecular weight excluding hydrogens is 390 g/mol. The Morgan fingerprint density at radius 3 is 2.39 bits per heavy atom. The van der Waals surface area contributed by atoms with Crippen LogP contribution in [0.4, 0.5) is 5.69 Å². The van der Waals surface area contributed by atoms with Crippen LogP contribution in [0.25, 0.3) is 0 Å². The maximum Gasteiger partial charge on any atom is 0.265 e. The van der Waals surface area contributed by atoms with Crippen molar-refractivity contribution in [1.82, 2.24) is 10.3 Å². The van der Waals surface area contributed by atoms with Crippen molar-refractivity contribution < 1.29 is 14.3 Å². The smallest absolute Gasteiger partial charge is 0.265 e. The Balaban J connectivity index is 1.53. The minimum atomic E-state index is -0.640. The van der Waals surface area contributed by atoms with E-state index in [-0.39, 0.29) is 11.8 Å². The van der Waals surface area contributed by atoms with E-state index in [9.17, 15) is 9.59 Å². The first-order valence-corrected chi connectivity index (χ1v) is 10.3. The summed E-state index contributed by atoms with van der Waals surface area (Å²) in [4.78, 5) is 28.6. The molecule has 6 nitrogen and oxygen atoms in total. The van der Waals surface area contributed by atoms with E-state index in [4.69, 9.17) is 4.74 Å². The second-order valence-electron chi connectivity index (χ2n) is 7.56. The molecule has 2 aromatic carbocycles. The first kappa shape index (κ1) is 22.0. The molecule has 0 aliphatic carbocycles. The monoisotopic (exact) mass is 417 g/mol. The number of para-hydroxylation sites is 1. The fourth-order valence-corrected chi connectivity index (χ4v) is 3.04. The van der Waals surface area contributed by atoms with Crippen LogP contribution in [-0.2, 0) is 11.3 Å². The number of pyridine rings is 1. The summed E-state index contributed by atoms with van der Waals surface area (Å²) >= 11 is 0. The maximum absolute atomic E-state index is 12.6. The van der Waals surface area contributed by atoms with E-state index < -0.39 is 6.10 Å². The molecule has 2 amide bonds. The molecule has 1 unspecified atom stereocenters. The average Bonchev–Trinajstić information content (AvgIpc) is 2.79. The van der Waals surface area contributed by atoms with Crippen molar-refractivity contribution >= 4 is 17.5 Å². The summed E-state index contributed by atoms with van der Waals surface area (Å²) < 4.78 is 5.91. The quantitative estimate of drug-likeness (QED) is 0.564. The van der Waals surface area contributed by atoms with Gasteiger partial charge in [0.15, 0.2) is 6.10 Å². The number of nitrogens with zero attached hydrogens (tertiary/aromatic N) is 1. The van der Waals surface area contributed by atoms with Gasteiger partial charge in [-0.1, -0.05) is 44.2 Å². The third kappa shape index (κ3) is 6.15. The molecule has 160 valence electrons. The molecule has 0 radical (unpaired) electrons. The number of benzene rings is 2. The largest absolute Gasteiger partial charge is 0.481 e. The molecule has 0 saturated heterocycles. The summed E-state index contributed by atoms with van der Waals surface area (Å²) in [5.74, 6) is 0.617. The highest BCUT2D eigenvalue weighted by Crippen LogP contribution is 2.26. The number of anilines is 1. The second kappa shape index (κ2) is 10.4. The highest BCUT2D eigenvalue weighted by Gasteiger charge is 2.17. The van der Waals surface area contributed by atoms with Crippen LogP contribution in [0.3, 0.4) is 0 Å². The van der Waals surface area contributed by atoms with Gasteiger partial charge < -0.3 is 15.4 Å². The van der Waals surface area contributed by atoms with Gasteiger partial charge in [0.05, 0.1) is 5.56 Å². The van der Waals surface area contributed by atoms with Crippen molar-refractivity contribution in [1.29, 1.82) is 0 Å². The number of amides is 2. The maximum atomic E-state index is 12.6. The third-order valence-corrected chi connectivity index (χ3v) is 4.81. The van der Waals surface area contributed by atoms with Crippen molar-refractivity contribution in [3.05, 3.63) is 89.7 Å². The van der Waals surface area contributed by atoms with Gasteiger partial charge in [0.25, 0.3) is 11.8 Å². The number of hydrogen-bond acceptors (Lipinski definition) is 4. The highest BCUT2D eigenvalue weighted by atomic mass is 16.5. The lowest BCUT2D eigenvalue weighted by Crippen LogP contribution is -2.30. The predicted octanol–water partition coefficient (Wildman–Crippen LogP) is 4.54. The van der Waals surface area contributed by atoms with Gasteiger partial charge in [0.1, 0.15) is 5.75 Å². The van der Waals surface area contributed by atoms with E-state index in [1.54, 1.807) is 37.4 Å². The van der Waals surface area contributed by atoms with Crippen LogP contribution in [-0.4, -0.2) is 22.9 Å². The Morgan fingerprint density at radius 1 is 0.968 bits per heavy atom. The number of hydrogen-bond donors (Lipinski definition) is 2. The zero-order valence-corrected chi connectivity index (χ0v) is 18.0. The van der Waals surface area contributed by atoms with Crippen molar-refractivity contribution in [3.63, 3.8) is 0 Å². The number of nitrogens with one attached hydrogen (secondary N) is 2. The lowest BCUT2D eigenvalue weighted by Gasteiger charge is -2.18. The molecule has 3 aromatic rings. The van der Waals surface area contributed by atoms with E-state index in [2.05, 4.69) is 29.5 Å². The first-order chi connectivity index (χ1) is 14.9. The molecule has 0 aliphatic heterocycles. The van der Waals surface area contributed by atoms with Crippen molar-refractivity contribution in [2.75, 3.05) is 5.32 Å². The van der Waals surface area contributed by atoms with Gasteiger partial charge in [0.2, 0.25) is 0 Å². The van der Waals surface area contributed by atoms with Gasteiger partial charge in [-0.05, 0) is 54.3 Å². The Morgan fingerprint density at radius 2 is 1.71 bits per heavy atom. The topological polar surface area (TPSA) is 80.3 Å². The third-order valence-electron chi connectivity index (χ3n) is 4.81. The van der Waals surface area contributed by atoms with Crippen LogP contribution in [0.1, 0.15) is 48.2 Å². The molecule has 0 aliphatic rings. The molecular formula is C25H27N3O3. The van der Waals surface area contributed by atoms with E-state index in [0.29, 0.717) is 23.7 Å². The highest BCUT2D eigenvalue weighted by molar-refractivity contribution is 5.94. The summed E-state index contributed by atoms with van der Waals surface area (Å²) in [6, 6.07) is 18.5. The Hall–Kier alpha value is -3.67. The molecule has 1 atom stereocenters. The SMILES string of the molecule is CC(Oc1ccccc1C(C)C)C(=O)Nc1ccc(CNC(=O)c2cccnc2)cc1. The van der Waals surface area contributed by atoms with Gasteiger partial charge in [0, 0.05) is 24.6 Å². The lowest BCUT2D eigenvalue weighted by atomic mass is 10.0. The average molecular weight is 418 g/mol. The van der Waals surface area contributed by atoms with Crippen LogP contribution >= 0.6 is 0 Å². The summed E-state index contributed by atoms with van der Waals surface area (Å²) in [6.07, 6.45) is 2.51. The lowest BCUT2D eigenvalue weighted by molar-refractivity contribution is -0.122. The van der Waals surface area contributed by atoms with Gasteiger partial charge in [-0.2, -0.15) is 0 Å². The molecule has 1 heterocycles. The van der Waals surface area contributed by atoms with Crippen LogP contribution in [0, 0.1) is 0 Å². The fourth-order valence-electron chi connectivity index (χ4n) is 3.04. The van der Waals surface area contributed by atoms with Gasteiger partial charge >= 0.3 is 0 Å². The molecule has 3 rings (SSSR count). The van der Waals surface area contributed by atoms with E-state index in [0.717, 1.165) is 16.9 Å². The Bertz CT molecular complexity index is 1020. The van der Waals surface area contributed by atoms with Crippen molar-refractivity contribution in [2.45, 2.75) is 39.3 Å². The number of rotatable bonds is 8. The number of carbonyl (C=O) groups is 2. The van der Waals surface area contributed by atoms with Crippen LogP contribution in [0.2, 0.25) is 0 Å². The summed E-state index contributed by atoms with van der Waals surface area (Å²) in [5, 5.41) is 5.72. The van der Waals surface area contributed by atoms with E-state index in [1.807, 2.05) is 36.4 Å². The van der Waals surface area contributed by atoms with Gasteiger partial charge in [-0.25, -0.2) is 0 Å². The zero-order chi connectivity index (χ0) is 22.2. The van der Waals surface area contributed by atoms with Crippen LogP contribution < -0.4 is 15.4 Å².